The maximum absolute atomic E-state index is 12.1. The predicted molar refractivity (Wildman–Crippen MR) is 99.0 cm³/mol. The van der Waals surface area contributed by atoms with Crippen LogP contribution in [0.3, 0.4) is 0 Å². The molecule has 0 spiro atoms. The lowest BCUT2D eigenvalue weighted by Crippen LogP contribution is -2.43. The topological polar surface area (TPSA) is 66.9 Å². The van der Waals surface area contributed by atoms with Crippen LogP contribution in [0.25, 0.3) is 0 Å². The van der Waals surface area contributed by atoms with Crippen molar-refractivity contribution in [1.29, 1.82) is 0 Å². The molecular formula is C20H28N2O4. The number of likely N-dealkylation sites (tertiary alicyclic amines) is 1. The molecule has 142 valence electrons. The summed E-state index contributed by atoms with van der Waals surface area (Å²) in [5.41, 5.74) is 1.72. The fourth-order valence-electron chi connectivity index (χ4n) is 2.86. The molecule has 0 bridgehead atoms. The molecule has 0 atom stereocenters. The van der Waals surface area contributed by atoms with E-state index in [2.05, 4.69) is 4.90 Å². The third-order valence-electron chi connectivity index (χ3n) is 4.62. The summed E-state index contributed by atoms with van der Waals surface area (Å²) in [6, 6.07) is 7.35. The summed E-state index contributed by atoms with van der Waals surface area (Å²) < 4.78 is 5.48. The van der Waals surface area contributed by atoms with Gasteiger partial charge in [0.2, 0.25) is 5.91 Å². The summed E-state index contributed by atoms with van der Waals surface area (Å²) in [5, 5.41) is 0. The highest BCUT2D eigenvalue weighted by atomic mass is 16.5. The van der Waals surface area contributed by atoms with Crippen LogP contribution in [-0.2, 0) is 14.3 Å². The van der Waals surface area contributed by atoms with Crippen molar-refractivity contribution in [1.82, 2.24) is 9.80 Å². The van der Waals surface area contributed by atoms with Gasteiger partial charge in [-0.05, 0) is 19.8 Å². The molecule has 0 radical (unpaired) electrons. The van der Waals surface area contributed by atoms with E-state index >= 15 is 0 Å². The van der Waals surface area contributed by atoms with E-state index in [0.717, 1.165) is 31.5 Å². The number of ketones is 1. The molecule has 6 nitrogen and oxygen atoms in total. The summed E-state index contributed by atoms with van der Waals surface area (Å²) in [6.07, 6.45) is 1.59. The molecule has 6 heteroatoms. The lowest BCUT2D eigenvalue weighted by Gasteiger charge is -2.31. The highest BCUT2D eigenvalue weighted by Crippen LogP contribution is 2.15. The fourth-order valence-corrected chi connectivity index (χ4v) is 2.86. The number of nitrogens with zero attached hydrogens (tertiary/aromatic N) is 2. The molecule has 1 aliphatic heterocycles. The Morgan fingerprint density at radius 2 is 1.69 bits per heavy atom. The van der Waals surface area contributed by atoms with Crippen molar-refractivity contribution in [2.24, 2.45) is 0 Å². The zero-order valence-corrected chi connectivity index (χ0v) is 15.9. The van der Waals surface area contributed by atoms with E-state index in [-0.39, 0.29) is 36.6 Å². The van der Waals surface area contributed by atoms with Crippen molar-refractivity contribution < 1.29 is 19.1 Å². The Kier molecular flexibility index (Phi) is 7.33. The monoisotopic (exact) mass is 360 g/mol. The maximum Gasteiger partial charge on any atom is 0.306 e. The van der Waals surface area contributed by atoms with Crippen LogP contribution in [0, 0.1) is 6.92 Å². The minimum absolute atomic E-state index is 0.0426. The third-order valence-corrected chi connectivity index (χ3v) is 4.62. The SMILES string of the molecule is Cc1ccc(C(=O)CCC(=O)OC2CCN(CC(=O)N(C)C)CC2)cc1. The van der Waals surface area contributed by atoms with Crippen LogP contribution in [0.2, 0.25) is 0 Å². The van der Waals surface area contributed by atoms with Crippen molar-refractivity contribution in [3.63, 3.8) is 0 Å². The van der Waals surface area contributed by atoms with Gasteiger partial charge in [0.15, 0.2) is 5.78 Å². The number of hydrogen-bond donors (Lipinski definition) is 0. The van der Waals surface area contributed by atoms with Gasteiger partial charge in [0.1, 0.15) is 6.10 Å². The van der Waals surface area contributed by atoms with Crippen LogP contribution in [-0.4, -0.2) is 67.3 Å². The summed E-state index contributed by atoms with van der Waals surface area (Å²) >= 11 is 0. The smallest absolute Gasteiger partial charge is 0.306 e. The number of ether oxygens (including phenoxy) is 1. The van der Waals surface area contributed by atoms with E-state index < -0.39 is 0 Å². The van der Waals surface area contributed by atoms with Crippen molar-refractivity contribution >= 4 is 17.7 Å². The largest absolute Gasteiger partial charge is 0.462 e. The van der Waals surface area contributed by atoms with Crippen LogP contribution in [0.5, 0.6) is 0 Å². The number of Topliss-reactive ketones (excluding diaryl/α,β-unsaturated/α-hetero) is 1. The van der Waals surface area contributed by atoms with Gasteiger partial charge in [-0.25, -0.2) is 0 Å². The number of aryl methyl sites for hydroxylation is 1. The molecule has 1 aliphatic rings. The number of esters is 1. The highest BCUT2D eigenvalue weighted by molar-refractivity contribution is 5.97. The minimum Gasteiger partial charge on any atom is -0.462 e. The zero-order chi connectivity index (χ0) is 19.1. The summed E-state index contributed by atoms with van der Waals surface area (Å²) in [4.78, 5) is 39.5. The van der Waals surface area contributed by atoms with Crippen LogP contribution in [0.1, 0.15) is 41.6 Å². The molecule has 0 N–H and O–H groups in total. The predicted octanol–water partition coefficient (Wildman–Crippen LogP) is 2.05. The van der Waals surface area contributed by atoms with E-state index in [0.29, 0.717) is 12.1 Å². The van der Waals surface area contributed by atoms with Crippen LogP contribution in [0.4, 0.5) is 0 Å². The molecule has 1 heterocycles. The van der Waals surface area contributed by atoms with Gasteiger partial charge < -0.3 is 9.64 Å². The summed E-state index contributed by atoms with van der Waals surface area (Å²) in [7, 11) is 3.49. The number of carbonyl (C=O) groups is 3. The van der Waals surface area contributed by atoms with Gasteiger partial charge in [-0.2, -0.15) is 0 Å². The first-order valence-corrected chi connectivity index (χ1v) is 9.07. The van der Waals surface area contributed by atoms with E-state index in [1.54, 1.807) is 31.1 Å². The average molecular weight is 360 g/mol. The number of benzene rings is 1. The third kappa shape index (κ3) is 6.26. The van der Waals surface area contributed by atoms with Gasteiger partial charge in [0.25, 0.3) is 0 Å². The standard InChI is InChI=1S/C20H28N2O4/c1-15-4-6-16(7-5-15)18(23)8-9-20(25)26-17-10-12-22(13-11-17)14-19(24)21(2)3/h4-7,17H,8-14H2,1-3H3. The van der Waals surface area contributed by atoms with Gasteiger partial charge in [0, 0.05) is 39.2 Å². The Morgan fingerprint density at radius 3 is 2.27 bits per heavy atom. The Hall–Kier alpha value is -2.21. The van der Waals surface area contributed by atoms with Gasteiger partial charge in [0.05, 0.1) is 13.0 Å². The number of amides is 1. The second-order valence-corrected chi connectivity index (χ2v) is 7.04. The van der Waals surface area contributed by atoms with Gasteiger partial charge in [-0.15, -0.1) is 0 Å². The molecule has 0 aromatic heterocycles. The van der Waals surface area contributed by atoms with Crippen molar-refractivity contribution in [2.75, 3.05) is 33.7 Å². The average Bonchev–Trinajstić information content (AvgIpc) is 2.62. The van der Waals surface area contributed by atoms with E-state index in [1.165, 1.54) is 0 Å². The fraction of sp³-hybridized carbons (Fsp3) is 0.550. The second kappa shape index (κ2) is 9.48. The molecule has 0 saturated carbocycles. The number of carbonyl (C=O) groups excluding carboxylic acids is 3. The van der Waals surface area contributed by atoms with E-state index in [9.17, 15) is 14.4 Å². The van der Waals surface area contributed by atoms with Crippen LogP contribution < -0.4 is 0 Å². The Labute approximate surface area is 155 Å². The first-order chi connectivity index (χ1) is 12.3. The van der Waals surface area contributed by atoms with E-state index in [1.807, 2.05) is 19.1 Å². The number of rotatable bonds is 7. The molecule has 0 aliphatic carbocycles. The number of piperidine rings is 1. The van der Waals surface area contributed by atoms with Gasteiger partial charge in [-0.3, -0.25) is 19.3 Å². The number of likely N-dealkylation sites (N-methyl/N-ethyl adjacent to an activating group) is 1. The normalized spacial score (nSPS) is 15.5. The molecule has 26 heavy (non-hydrogen) atoms. The molecule has 2 rings (SSSR count). The lowest BCUT2D eigenvalue weighted by atomic mass is 10.0. The quantitative estimate of drug-likeness (QED) is 0.550. The molecule has 1 aromatic rings. The first-order valence-electron chi connectivity index (χ1n) is 9.07. The van der Waals surface area contributed by atoms with Crippen molar-refractivity contribution in [2.45, 2.75) is 38.7 Å². The molecule has 1 fully saturated rings. The molecule has 1 amide bonds. The Bertz CT molecular complexity index is 632. The molecular weight excluding hydrogens is 332 g/mol. The first kappa shape index (κ1) is 20.1. The summed E-state index contributed by atoms with van der Waals surface area (Å²) in [5.74, 6) is -0.290. The van der Waals surface area contributed by atoms with Gasteiger partial charge in [-0.1, -0.05) is 29.8 Å². The summed E-state index contributed by atoms with van der Waals surface area (Å²) in [6.45, 7) is 3.84. The Balaban J connectivity index is 1.68. The minimum atomic E-state index is -0.326. The molecule has 1 aromatic carbocycles. The Morgan fingerprint density at radius 1 is 1.08 bits per heavy atom. The molecule has 0 unspecified atom stereocenters. The van der Waals surface area contributed by atoms with Gasteiger partial charge >= 0.3 is 5.97 Å². The highest BCUT2D eigenvalue weighted by Gasteiger charge is 2.24. The van der Waals surface area contributed by atoms with Crippen LogP contribution >= 0.6 is 0 Å². The van der Waals surface area contributed by atoms with Crippen molar-refractivity contribution in [3.8, 4) is 0 Å². The number of hydrogen-bond acceptors (Lipinski definition) is 5. The zero-order valence-electron chi connectivity index (χ0n) is 15.9. The second-order valence-electron chi connectivity index (χ2n) is 7.04. The van der Waals surface area contributed by atoms with Crippen LogP contribution in [0.15, 0.2) is 24.3 Å². The van der Waals surface area contributed by atoms with Crippen molar-refractivity contribution in [3.05, 3.63) is 35.4 Å². The molecule has 1 saturated heterocycles. The van der Waals surface area contributed by atoms with E-state index in [4.69, 9.17) is 4.74 Å². The maximum atomic E-state index is 12.1. The lowest BCUT2D eigenvalue weighted by molar-refractivity contribution is -0.151.